The van der Waals surface area contributed by atoms with Crippen molar-refractivity contribution in [1.29, 1.82) is 0 Å². The Morgan fingerprint density at radius 2 is 1.83 bits per heavy atom. The first-order chi connectivity index (χ1) is 22.6. The molecule has 3 aliphatic rings. The molecule has 48 heavy (non-hydrogen) atoms. The van der Waals surface area contributed by atoms with Crippen LogP contribution in [0.4, 0.5) is 0 Å². The zero-order valence-corrected chi connectivity index (χ0v) is 27.6. The molecule has 2 aromatic rings. The van der Waals surface area contributed by atoms with Gasteiger partial charge in [0.05, 0.1) is 54.5 Å². The molecule has 0 bridgehead atoms. The van der Waals surface area contributed by atoms with Crippen LogP contribution >= 0.6 is 0 Å². The van der Waals surface area contributed by atoms with E-state index >= 15 is 0 Å². The van der Waals surface area contributed by atoms with Crippen LogP contribution in [0.25, 0.3) is 0 Å². The van der Waals surface area contributed by atoms with Gasteiger partial charge in [-0.2, -0.15) is 8.42 Å². The van der Waals surface area contributed by atoms with Gasteiger partial charge in [0.2, 0.25) is 5.78 Å². The summed E-state index contributed by atoms with van der Waals surface area (Å²) >= 11 is 0. The Bertz CT molecular complexity index is 1740. The van der Waals surface area contributed by atoms with E-state index < -0.39 is 118 Å². The number of hydrogen-bond donors (Lipinski definition) is 6. The quantitative estimate of drug-likeness (QED) is 0.118. The maximum Gasteiger partial charge on any atom is 0.267 e. The lowest BCUT2D eigenvalue weighted by Crippen LogP contribution is -2.55. The van der Waals surface area contributed by atoms with Gasteiger partial charge in [0.1, 0.15) is 29.0 Å². The highest BCUT2D eigenvalue weighted by Gasteiger charge is 2.50. The number of carbonyl (C=O) groups is 3. The van der Waals surface area contributed by atoms with Gasteiger partial charge in [-0.25, -0.2) is 0 Å². The number of phenolic OH excluding ortho intramolecular Hbond substituents is 2. The minimum absolute atomic E-state index is 0.0235. The molecule has 0 saturated carbocycles. The molecule has 6 N–H and O–H groups in total. The van der Waals surface area contributed by atoms with E-state index in [1.165, 1.54) is 32.2 Å². The lowest BCUT2D eigenvalue weighted by atomic mass is 9.72. The Morgan fingerprint density at radius 1 is 1.15 bits per heavy atom. The number of aliphatic hydroxyl groups excluding tert-OH is 2. The highest BCUT2D eigenvalue weighted by Crippen LogP contribution is 2.52. The summed E-state index contributed by atoms with van der Waals surface area (Å²) < 4.78 is 48.2. The number of aliphatic hydroxyl groups is 3. The van der Waals surface area contributed by atoms with Crippen molar-refractivity contribution < 1.29 is 66.7 Å². The Kier molecular flexibility index (Phi) is 10.0. The predicted molar refractivity (Wildman–Crippen MR) is 166 cm³/mol. The van der Waals surface area contributed by atoms with Crippen LogP contribution < -0.4 is 10.1 Å². The molecule has 1 saturated heterocycles. The maximum absolute atomic E-state index is 13.8. The van der Waals surface area contributed by atoms with E-state index in [0.717, 1.165) is 6.92 Å². The number of aromatic hydroxyl groups is 2. The minimum Gasteiger partial charge on any atom is -0.507 e. The molecule has 5 rings (SSSR count). The normalized spacial score (nSPS) is 27.5. The van der Waals surface area contributed by atoms with Crippen molar-refractivity contribution in [2.24, 2.45) is 0 Å². The lowest BCUT2D eigenvalue weighted by molar-refractivity contribution is -0.245. The monoisotopic (exact) mass is 693 g/mol. The van der Waals surface area contributed by atoms with Crippen LogP contribution in [-0.4, -0.2) is 114 Å². The van der Waals surface area contributed by atoms with Crippen LogP contribution in [0.2, 0.25) is 0 Å². The van der Waals surface area contributed by atoms with Crippen molar-refractivity contribution in [3.8, 4) is 17.2 Å². The summed E-state index contributed by atoms with van der Waals surface area (Å²) in [5.74, 6) is -4.06. The van der Waals surface area contributed by atoms with Gasteiger partial charge in [-0.1, -0.05) is 12.1 Å². The van der Waals surface area contributed by atoms with E-state index in [4.69, 9.17) is 23.5 Å². The van der Waals surface area contributed by atoms with Crippen molar-refractivity contribution in [3.63, 3.8) is 0 Å². The van der Waals surface area contributed by atoms with Gasteiger partial charge >= 0.3 is 0 Å². The third kappa shape index (κ3) is 6.34. The van der Waals surface area contributed by atoms with E-state index in [9.17, 15) is 43.2 Å². The van der Waals surface area contributed by atoms with Crippen LogP contribution in [-0.2, 0) is 35.0 Å². The Morgan fingerprint density at radius 3 is 2.46 bits per heavy atom. The molecule has 0 radical (unpaired) electrons. The van der Waals surface area contributed by atoms with Crippen molar-refractivity contribution in [2.45, 2.75) is 81.9 Å². The summed E-state index contributed by atoms with van der Waals surface area (Å²) in [7, 11) is -1.28. The molecule has 16 heteroatoms. The number of carbonyl (C=O) groups excluding carboxylic acids is 3. The van der Waals surface area contributed by atoms with Gasteiger partial charge in [0, 0.05) is 42.0 Å². The molecule has 1 unspecified atom stereocenters. The van der Waals surface area contributed by atoms with E-state index in [-0.39, 0.29) is 40.8 Å². The number of methoxy groups -OCH3 is 1. The first-order valence-electron chi connectivity index (χ1n) is 15.4. The number of ether oxygens (including phenoxy) is 3. The van der Waals surface area contributed by atoms with Crippen molar-refractivity contribution in [2.75, 3.05) is 26.5 Å². The molecule has 1 heterocycles. The van der Waals surface area contributed by atoms with E-state index in [1.807, 2.05) is 0 Å². The summed E-state index contributed by atoms with van der Waals surface area (Å²) in [5, 5.41) is 56.1. The standard InChI is InChI=1S/C32H39NO14S/c1-14-31(47-48(42,43)9-8-16(36)13-34)19(33-3)10-22(45-14)46-21-12-32(41,15(2)35)11-18-24(21)30(40)26-25(28(18)38)27(37)17-6-5-7-20(44-4)23(17)29(26)39/h5-7,14,16,19,21-22,31,33-34,36,38,40-41H,8-13H2,1-4H3/t14-,16?,19-,21-,22-,31+,32-/m0/s1. The topological polar surface area (TPSA) is 235 Å². The average Bonchev–Trinajstić information content (AvgIpc) is 3.04. The summed E-state index contributed by atoms with van der Waals surface area (Å²) in [5.41, 5.74) is -3.48. The maximum atomic E-state index is 13.8. The summed E-state index contributed by atoms with van der Waals surface area (Å²) in [4.78, 5) is 40.2. The zero-order chi connectivity index (χ0) is 35.3. The second-order valence-electron chi connectivity index (χ2n) is 12.3. The van der Waals surface area contributed by atoms with Crippen LogP contribution in [0.1, 0.15) is 82.2 Å². The number of Topliss-reactive ketones (excluding diaryl/α,β-unsaturated/α-hetero) is 1. The first-order valence-corrected chi connectivity index (χ1v) is 16.9. The van der Waals surface area contributed by atoms with Crippen LogP contribution in [0, 0.1) is 0 Å². The Hall–Kier alpha value is -3.48. The molecule has 7 atom stereocenters. The van der Waals surface area contributed by atoms with Crippen molar-refractivity contribution >= 4 is 27.5 Å². The van der Waals surface area contributed by atoms with E-state index in [0.29, 0.717) is 0 Å². The van der Waals surface area contributed by atoms with Crippen LogP contribution in [0.5, 0.6) is 17.2 Å². The number of phenols is 2. The molecule has 1 fully saturated rings. The minimum atomic E-state index is -4.16. The smallest absolute Gasteiger partial charge is 0.267 e. The fourth-order valence-corrected chi connectivity index (χ4v) is 7.92. The van der Waals surface area contributed by atoms with Crippen molar-refractivity contribution in [3.05, 3.63) is 51.6 Å². The van der Waals surface area contributed by atoms with Gasteiger partial charge in [-0.05, 0) is 33.4 Å². The zero-order valence-electron chi connectivity index (χ0n) is 26.8. The predicted octanol–water partition coefficient (Wildman–Crippen LogP) is 0.387. The Labute approximate surface area is 276 Å². The summed E-state index contributed by atoms with van der Waals surface area (Å²) in [6.07, 6.45) is -6.85. The number of rotatable bonds is 11. The van der Waals surface area contributed by atoms with Gasteiger partial charge in [0.25, 0.3) is 10.1 Å². The second kappa shape index (κ2) is 13.4. The molecule has 2 aromatic carbocycles. The molecule has 15 nitrogen and oxygen atoms in total. The average molecular weight is 694 g/mol. The first kappa shape index (κ1) is 35.8. The third-order valence-electron chi connectivity index (χ3n) is 9.26. The molecule has 1 aliphatic heterocycles. The highest BCUT2D eigenvalue weighted by molar-refractivity contribution is 7.86. The fraction of sp³-hybridized carbons (Fsp3) is 0.531. The third-order valence-corrected chi connectivity index (χ3v) is 10.5. The largest absolute Gasteiger partial charge is 0.507 e. The van der Waals surface area contributed by atoms with Gasteiger partial charge in [-0.15, -0.1) is 0 Å². The van der Waals surface area contributed by atoms with Crippen LogP contribution in [0.15, 0.2) is 18.2 Å². The molecular weight excluding hydrogens is 654 g/mol. The molecule has 0 aromatic heterocycles. The SMILES string of the molecule is CN[C@H]1C[C@H](O[C@H]2C[C@](O)(C(C)=O)Cc3c(O)c4c(c(O)c32)C(=O)c2c(OC)cccc2C4=O)O[C@@H](C)[C@H]1OS(=O)(=O)CCC(O)CO. The van der Waals surface area contributed by atoms with Gasteiger partial charge in [0.15, 0.2) is 17.9 Å². The van der Waals surface area contributed by atoms with Crippen LogP contribution in [0.3, 0.4) is 0 Å². The highest BCUT2D eigenvalue weighted by atomic mass is 32.2. The number of ketones is 3. The van der Waals surface area contributed by atoms with E-state index in [2.05, 4.69) is 5.32 Å². The number of likely N-dealkylation sites (N-methyl/N-ethyl adjacent to an activating group) is 1. The molecule has 2 aliphatic carbocycles. The Balaban J connectivity index is 1.51. The number of nitrogens with one attached hydrogen (secondary N) is 1. The second-order valence-corrected chi connectivity index (χ2v) is 14.0. The fourth-order valence-electron chi connectivity index (χ4n) is 6.63. The number of fused-ring (bicyclic) bond motifs is 3. The summed E-state index contributed by atoms with van der Waals surface area (Å²) in [6, 6.07) is 3.68. The number of benzene rings is 2. The van der Waals surface area contributed by atoms with Crippen molar-refractivity contribution in [1.82, 2.24) is 5.32 Å². The molecule has 0 amide bonds. The molecule has 262 valence electrons. The summed E-state index contributed by atoms with van der Waals surface area (Å²) in [6.45, 7) is 2.08. The van der Waals surface area contributed by atoms with Gasteiger partial charge in [-0.3, -0.25) is 18.6 Å². The molecular formula is C32H39NO14S. The van der Waals surface area contributed by atoms with Gasteiger partial charge < -0.3 is 45.1 Å². The number of hydrogen-bond acceptors (Lipinski definition) is 15. The molecule has 0 spiro atoms. The van der Waals surface area contributed by atoms with E-state index in [1.54, 1.807) is 7.05 Å². The lowest BCUT2D eigenvalue weighted by Gasteiger charge is -2.43.